The third-order valence-corrected chi connectivity index (χ3v) is 4.29. The molecule has 0 amide bonds. The summed E-state index contributed by atoms with van der Waals surface area (Å²) in [4.78, 5) is 5.34. The average Bonchev–Trinajstić information content (AvgIpc) is 3.13. The molecule has 0 bridgehead atoms. The summed E-state index contributed by atoms with van der Waals surface area (Å²) < 4.78 is 7.36. The Morgan fingerprint density at radius 1 is 1.22 bits per heavy atom. The van der Waals surface area contributed by atoms with Crippen molar-refractivity contribution in [2.24, 2.45) is 10.1 Å². The van der Waals surface area contributed by atoms with Crippen LogP contribution in [-0.2, 0) is 0 Å². The SMILES string of the molecule is CCN=c1scc(-c2ccc(Cl)cc2)n1N=Cc1ccc(C)o1. The maximum atomic E-state index is 5.97. The number of benzene rings is 1. The zero-order chi connectivity index (χ0) is 16.2. The van der Waals surface area contributed by atoms with Crippen LogP contribution in [0, 0.1) is 6.92 Å². The van der Waals surface area contributed by atoms with E-state index in [1.165, 1.54) is 0 Å². The summed E-state index contributed by atoms with van der Waals surface area (Å²) in [6, 6.07) is 11.5. The standard InChI is InChI=1S/C17H16ClN3OS/c1-3-19-17-21(20-10-15-9-4-12(2)22-15)16(11-23-17)13-5-7-14(18)8-6-13/h4-11H,3H2,1-2H3. The number of halogens is 1. The van der Waals surface area contributed by atoms with Gasteiger partial charge in [0.25, 0.3) is 0 Å². The average molecular weight is 346 g/mol. The fraction of sp³-hybridized carbons (Fsp3) is 0.176. The monoisotopic (exact) mass is 345 g/mol. The van der Waals surface area contributed by atoms with Gasteiger partial charge in [0.2, 0.25) is 4.80 Å². The first-order valence-electron chi connectivity index (χ1n) is 7.25. The fourth-order valence-corrected chi connectivity index (χ4v) is 3.14. The third-order valence-electron chi connectivity index (χ3n) is 3.18. The number of hydrogen-bond donors (Lipinski definition) is 0. The van der Waals surface area contributed by atoms with E-state index in [0.29, 0.717) is 17.3 Å². The molecule has 118 valence electrons. The smallest absolute Gasteiger partial charge is 0.206 e. The largest absolute Gasteiger partial charge is 0.460 e. The molecule has 0 spiro atoms. The lowest BCUT2D eigenvalue weighted by molar-refractivity contribution is 0.527. The Morgan fingerprint density at radius 2 is 2.00 bits per heavy atom. The first-order valence-corrected chi connectivity index (χ1v) is 8.51. The Hall–Kier alpha value is -2.11. The topological polar surface area (TPSA) is 42.8 Å². The van der Waals surface area contributed by atoms with Crippen molar-refractivity contribution in [1.82, 2.24) is 4.68 Å². The van der Waals surface area contributed by atoms with E-state index >= 15 is 0 Å². The Balaban J connectivity index is 2.06. The van der Waals surface area contributed by atoms with E-state index in [9.17, 15) is 0 Å². The van der Waals surface area contributed by atoms with Crippen LogP contribution < -0.4 is 4.80 Å². The van der Waals surface area contributed by atoms with Gasteiger partial charge in [-0.3, -0.25) is 4.99 Å². The highest BCUT2D eigenvalue weighted by Crippen LogP contribution is 2.22. The quantitative estimate of drug-likeness (QED) is 0.638. The van der Waals surface area contributed by atoms with Crippen LogP contribution in [0.4, 0.5) is 0 Å². The van der Waals surface area contributed by atoms with Crippen LogP contribution in [0.3, 0.4) is 0 Å². The Labute approximate surface area is 143 Å². The normalized spacial score (nSPS) is 12.4. The molecule has 0 aliphatic carbocycles. The Bertz CT molecular complexity index is 887. The van der Waals surface area contributed by atoms with Crippen LogP contribution in [0.15, 0.2) is 56.3 Å². The van der Waals surface area contributed by atoms with Crippen molar-refractivity contribution < 1.29 is 4.42 Å². The molecule has 3 rings (SSSR count). The highest BCUT2D eigenvalue weighted by Gasteiger charge is 2.07. The Morgan fingerprint density at radius 3 is 2.65 bits per heavy atom. The molecule has 4 nitrogen and oxygen atoms in total. The second-order valence-electron chi connectivity index (χ2n) is 4.89. The van der Waals surface area contributed by atoms with E-state index in [2.05, 4.69) is 10.1 Å². The minimum Gasteiger partial charge on any atom is -0.460 e. The van der Waals surface area contributed by atoms with Gasteiger partial charge < -0.3 is 4.42 Å². The molecule has 23 heavy (non-hydrogen) atoms. The fourth-order valence-electron chi connectivity index (χ4n) is 2.11. The van der Waals surface area contributed by atoms with Crippen molar-refractivity contribution in [3.63, 3.8) is 0 Å². The highest BCUT2D eigenvalue weighted by atomic mass is 35.5. The summed E-state index contributed by atoms with van der Waals surface area (Å²) in [6.45, 7) is 4.62. The maximum Gasteiger partial charge on any atom is 0.206 e. The number of aromatic nitrogens is 1. The summed E-state index contributed by atoms with van der Waals surface area (Å²) >= 11 is 7.53. The molecule has 0 aliphatic rings. The molecule has 0 saturated carbocycles. The van der Waals surface area contributed by atoms with Crippen molar-refractivity contribution in [3.8, 4) is 11.3 Å². The summed E-state index contributed by atoms with van der Waals surface area (Å²) in [5, 5.41) is 7.30. The zero-order valence-corrected chi connectivity index (χ0v) is 14.4. The minimum atomic E-state index is 0.704. The van der Waals surface area contributed by atoms with Gasteiger partial charge in [-0.25, -0.2) is 4.68 Å². The lowest BCUT2D eigenvalue weighted by Crippen LogP contribution is -2.12. The molecule has 0 atom stereocenters. The molecule has 0 unspecified atom stereocenters. The summed E-state index contributed by atoms with van der Waals surface area (Å²) in [5.74, 6) is 1.57. The van der Waals surface area contributed by atoms with Gasteiger partial charge in [0, 0.05) is 22.5 Å². The van der Waals surface area contributed by atoms with E-state index in [0.717, 1.165) is 21.8 Å². The predicted molar refractivity (Wildman–Crippen MR) is 95.3 cm³/mol. The second-order valence-corrected chi connectivity index (χ2v) is 6.16. The molecule has 0 radical (unpaired) electrons. The van der Waals surface area contributed by atoms with Crippen molar-refractivity contribution in [3.05, 3.63) is 63.1 Å². The number of nitrogens with zero attached hydrogens (tertiary/aromatic N) is 3. The molecule has 3 aromatic rings. The van der Waals surface area contributed by atoms with Gasteiger partial charge in [-0.05, 0) is 38.1 Å². The summed E-state index contributed by atoms with van der Waals surface area (Å²) in [6.07, 6.45) is 1.70. The zero-order valence-electron chi connectivity index (χ0n) is 12.9. The van der Waals surface area contributed by atoms with Crippen LogP contribution in [0.1, 0.15) is 18.4 Å². The van der Waals surface area contributed by atoms with Crippen molar-refractivity contribution in [1.29, 1.82) is 0 Å². The van der Waals surface area contributed by atoms with Crippen LogP contribution in [0.2, 0.25) is 5.02 Å². The van der Waals surface area contributed by atoms with E-state index in [1.807, 2.05) is 60.3 Å². The molecule has 6 heteroatoms. The molecule has 0 fully saturated rings. The molecule has 1 aromatic carbocycles. The van der Waals surface area contributed by atoms with E-state index in [4.69, 9.17) is 16.0 Å². The molecular weight excluding hydrogens is 330 g/mol. The lowest BCUT2D eigenvalue weighted by Gasteiger charge is -2.03. The number of rotatable bonds is 4. The van der Waals surface area contributed by atoms with Crippen LogP contribution >= 0.6 is 22.9 Å². The van der Waals surface area contributed by atoms with Gasteiger partial charge in [-0.1, -0.05) is 23.7 Å². The van der Waals surface area contributed by atoms with Gasteiger partial charge in [-0.15, -0.1) is 11.3 Å². The minimum absolute atomic E-state index is 0.704. The van der Waals surface area contributed by atoms with Gasteiger partial charge in [0.15, 0.2) is 0 Å². The van der Waals surface area contributed by atoms with Crippen molar-refractivity contribution in [2.75, 3.05) is 6.54 Å². The number of thiazole rings is 1. The molecule has 0 aliphatic heterocycles. The Kier molecular flexibility index (Phi) is 4.79. The van der Waals surface area contributed by atoms with Gasteiger partial charge in [0.05, 0.1) is 11.9 Å². The van der Waals surface area contributed by atoms with E-state index in [-0.39, 0.29) is 0 Å². The third kappa shape index (κ3) is 3.63. The van der Waals surface area contributed by atoms with Crippen molar-refractivity contribution >= 4 is 29.2 Å². The molecular formula is C17H16ClN3OS. The molecule has 2 heterocycles. The van der Waals surface area contributed by atoms with Crippen molar-refractivity contribution in [2.45, 2.75) is 13.8 Å². The van der Waals surface area contributed by atoms with E-state index < -0.39 is 0 Å². The van der Waals surface area contributed by atoms with Crippen LogP contribution in [0.5, 0.6) is 0 Å². The molecule has 0 N–H and O–H groups in total. The van der Waals surface area contributed by atoms with Gasteiger partial charge in [0.1, 0.15) is 11.5 Å². The summed E-state index contributed by atoms with van der Waals surface area (Å²) in [7, 11) is 0. The molecule has 2 aromatic heterocycles. The summed E-state index contributed by atoms with van der Waals surface area (Å²) in [5.41, 5.74) is 2.01. The number of hydrogen-bond acceptors (Lipinski definition) is 4. The van der Waals surface area contributed by atoms with E-state index in [1.54, 1.807) is 17.6 Å². The predicted octanol–water partition coefficient (Wildman–Crippen LogP) is 4.57. The molecule has 0 saturated heterocycles. The van der Waals surface area contributed by atoms with Crippen LogP contribution in [-0.4, -0.2) is 17.4 Å². The maximum absolute atomic E-state index is 5.97. The first-order chi connectivity index (χ1) is 11.2. The first kappa shape index (κ1) is 15.8. The van der Waals surface area contributed by atoms with Gasteiger partial charge in [-0.2, -0.15) is 5.10 Å². The number of furan rings is 1. The lowest BCUT2D eigenvalue weighted by atomic mass is 10.2. The highest BCUT2D eigenvalue weighted by molar-refractivity contribution is 7.07. The van der Waals surface area contributed by atoms with Crippen LogP contribution in [0.25, 0.3) is 11.3 Å². The number of aryl methyl sites for hydroxylation is 1. The van der Waals surface area contributed by atoms with Gasteiger partial charge >= 0.3 is 0 Å². The second kappa shape index (κ2) is 6.98.